The Bertz CT molecular complexity index is 1130. The van der Waals surface area contributed by atoms with Crippen molar-refractivity contribution in [3.63, 3.8) is 0 Å². The number of piperidine rings is 2. The molecule has 1 spiro atoms. The molecule has 0 radical (unpaired) electrons. The molecule has 2 atom stereocenters. The van der Waals surface area contributed by atoms with Gasteiger partial charge in [0, 0.05) is 51.6 Å². The molecule has 2 aromatic rings. The maximum absolute atomic E-state index is 13.9. The van der Waals surface area contributed by atoms with Gasteiger partial charge in [-0.2, -0.15) is 0 Å². The van der Waals surface area contributed by atoms with Crippen molar-refractivity contribution in [2.45, 2.75) is 70.2 Å². The number of ether oxygens (including phenoxy) is 1. The third kappa shape index (κ3) is 5.77. The van der Waals surface area contributed by atoms with Gasteiger partial charge in [0.1, 0.15) is 5.75 Å². The zero-order valence-electron chi connectivity index (χ0n) is 23.6. The summed E-state index contributed by atoms with van der Waals surface area (Å²) in [5.41, 5.74) is 1.61. The van der Waals surface area contributed by atoms with Crippen LogP contribution in [0.5, 0.6) is 5.75 Å². The molecule has 210 valence electrons. The first kappa shape index (κ1) is 27.5. The topological polar surface area (TPSA) is 77.2 Å². The van der Waals surface area contributed by atoms with Gasteiger partial charge in [0.2, 0.25) is 5.91 Å². The fraction of sp³-hybridized carbons (Fsp3) is 0.548. The highest BCUT2D eigenvalue weighted by atomic mass is 16.5. The molecule has 0 bridgehead atoms. The van der Waals surface area contributed by atoms with E-state index in [-0.39, 0.29) is 29.9 Å². The van der Waals surface area contributed by atoms with Gasteiger partial charge in [-0.1, -0.05) is 62.7 Å². The highest BCUT2D eigenvalue weighted by Gasteiger charge is 2.55. The number of urea groups is 1. The van der Waals surface area contributed by atoms with Gasteiger partial charge < -0.3 is 19.9 Å². The lowest BCUT2D eigenvalue weighted by Gasteiger charge is -2.49. The molecule has 0 saturated carbocycles. The van der Waals surface area contributed by atoms with Gasteiger partial charge >= 0.3 is 6.03 Å². The van der Waals surface area contributed by atoms with Crippen LogP contribution in [-0.2, 0) is 11.3 Å². The molecule has 3 amide bonds. The van der Waals surface area contributed by atoms with Gasteiger partial charge in [-0.15, -0.1) is 0 Å². The van der Waals surface area contributed by atoms with Crippen molar-refractivity contribution in [2.75, 3.05) is 38.6 Å². The van der Waals surface area contributed by atoms with Crippen LogP contribution in [0.25, 0.3) is 0 Å². The number of anilines is 1. The summed E-state index contributed by atoms with van der Waals surface area (Å²) in [5, 5.41) is 6.83. The molecule has 3 heterocycles. The lowest BCUT2D eigenvalue weighted by atomic mass is 9.92. The Morgan fingerprint density at radius 2 is 1.72 bits per heavy atom. The average molecular weight is 534 g/mol. The van der Waals surface area contributed by atoms with E-state index in [9.17, 15) is 9.59 Å². The van der Waals surface area contributed by atoms with Crippen LogP contribution < -0.4 is 15.4 Å². The Labute approximate surface area is 232 Å². The lowest BCUT2D eigenvalue weighted by Crippen LogP contribution is -2.63. The van der Waals surface area contributed by atoms with Crippen LogP contribution in [-0.4, -0.2) is 77.7 Å². The van der Waals surface area contributed by atoms with E-state index >= 15 is 0 Å². The minimum atomic E-state index is -0.390. The van der Waals surface area contributed by atoms with E-state index in [0.29, 0.717) is 24.5 Å². The lowest BCUT2D eigenvalue weighted by molar-refractivity contribution is -0.138. The summed E-state index contributed by atoms with van der Waals surface area (Å²) >= 11 is 0. The molecule has 3 fully saturated rings. The van der Waals surface area contributed by atoms with E-state index in [4.69, 9.17) is 4.74 Å². The molecule has 39 heavy (non-hydrogen) atoms. The van der Waals surface area contributed by atoms with Crippen LogP contribution in [0.15, 0.2) is 54.6 Å². The molecule has 8 nitrogen and oxygen atoms in total. The molecular weight excluding hydrogens is 490 g/mol. The zero-order valence-corrected chi connectivity index (χ0v) is 23.6. The van der Waals surface area contributed by atoms with Crippen LogP contribution in [0.1, 0.15) is 51.5 Å². The van der Waals surface area contributed by atoms with Crippen molar-refractivity contribution in [2.24, 2.45) is 5.92 Å². The van der Waals surface area contributed by atoms with E-state index in [1.54, 1.807) is 7.11 Å². The molecule has 3 aliphatic heterocycles. The van der Waals surface area contributed by atoms with Crippen molar-refractivity contribution in [1.82, 2.24) is 20.0 Å². The van der Waals surface area contributed by atoms with Crippen LogP contribution in [0, 0.1) is 5.92 Å². The van der Waals surface area contributed by atoms with E-state index in [1.165, 1.54) is 5.56 Å². The second kappa shape index (κ2) is 12.0. The van der Waals surface area contributed by atoms with E-state index in [2.05, 4.69) is 64.6 Å². The fourth-order valence-corrected chi connectivity index (χ4v) is 6.52. The third-order valence-electron chi connectivity index (χ3n) is 9.00. The Balaban J connectivity index is 1.26. The minimum Gasteiger partial charge on any atom is -0.495 e. The number of methoxy groups -OCH3 is 1. The van der Waals surface area contributed by atoms with Gasteiger partial charge in [-0.3, -0.25) is 15.0 Å². The number of benzene rings is 2. The van der Waals surface area contributed by atoms with Crippen molar-refractivity contribution in [1.29, 1.82) is 0 Å². The maximum Gasteiger partial charge on any atom is 0.321 e. The number of carbonyl (C=O) groups excluding carboxylic acids is 2. The smallest absolute Gasteiger partial charge is 0.321 e. The second-order valence-electron chi connectivity index (χ2n) is 11.4. The molecule has 5 rings (SSSR count). The van der Waals surface area contributed by atoms with Gasteiger partial charge in [0.25, 0.3) is 0 Å². The second-order valence-corrected chi connectivity index (χ2v) is 11.4. The van der Waals surface area contributed by atoms with E-state index in [0.717, 1.165) is 51.7 Å². The molecule has 2 N–H and O–H groups in total. The first-order valence-electron chi connectivity index (χ1n) is 14.5. The van der Waals surface area contributed by atoms with Gasteiger partial charge in [0.15, 0.2) is 0 Å². The largest absolute Gasteiger partial charge is 0.495 e. The summed E-state index contributed by atoms with van der Waals surface area (Å²) < 4.78 is 5.40. The van der Waals surface area contributed by atoms with Crippen LogP contribution in [0.2, 0.25) is 0 Å². The normalized spacial score (nSPS) is 22.7. The number of hydrogen-bond acceptors (Lipinski definition) is 5. The number of likely N-dealkylation sites (tertiary alicyclic amines) is 2. The summed E-state index contributed by atoms with van der Waals surface area (Å²) in [6.07, 6.45) is 4.38. The Morgan fingerprint density at radius 3 is 2.38 bits per heavy atom. The highest BCUT2D eigenvalue weighted by molar-refractivity contribution is 5.91. The minimum absolute atomic E-state index is 0.127. The zero-order chi connectivity index (χ0) is 27.4. The van der Waals surface area contributed by atoms with Crippen molar-refractivity contribution < 1.29 is 14.3 Å². The van der Waals surface area contributed by atoms with Crippen molar-refractivity contribution in [3.8, 4) is 5.75 Å². The Kier molecular flexibility index (Phi) is 8.43. The Hall–Kier alpha value is -3.10. The highest BCUT2D eigenvalue weighted by Crippen LogP contribution is 2.39. The number of rotatable bonds is 7. The molecule has 3 saturated heterocycles. The number of nitrogens with zero attached hydrogens (tertiary/aromatic N) is 3. The van der Waals surface area contributed by atoms with Crippen LogP contribution >= 0.6 is 0 Å². The van der Waals surface area contributed by atoms with Gasteiger partial charge in [-0.25, -0.2) is 4.79 Å². The van der Waals surface area contributed by atoms with Crippen molar-refractivity contribution >= 4 is 17.6 Å². The summed E-state index contributed by atoms with van der Waals surface area (Å²) in [4.78, 5) is 33.7. The van der Waals surface area contributed by atoms with E-state index < -0.39 is 5.66 Å². The molecule has 2 aromatic carbocycles. The maximum atomic E-state index is 13.9. The van der Waals surface area contributed by atoms with Gasteiger partial charge in [-0.05, 0) is 36.5 Å². The molecule has 0 aromatic heterocycles. The van der Waals surface area contributed by atoms with Gasteiger partial charge in [0.05, 0.1) is 24.5 Å². The summed E-state index contributed by atoms with van der Waals surface area (Å²) in [6, 6.07) is 18.0. The number of hydrogen-bond donors (Lipinski definition) is 2. The predicted molar refractivity (Wildman–Crippen MR) is 154 cm³/mol. The molecule has 3 aliphatic rings. The summed E-state index contributed by atoms with van der Waals surface area (Å²) in [6.45, 7) is 8.45. The number of amides is 3. The Morgan fingerprint density at radius 1 is 1.05 bits per heavy atom. The summed E-state index contributed by atoms with van der Waals surface area (Å²) in [7, 11) is 1.60. The number of para-hydroxylation sites is 2. The number of nitrogens with one attached hydrogen (secondary N) is 2. The SMILES string of the molecule is CC[C@H](C)[C@@H]1NC2(CCN(C(=O)Nc3ccccc3OC)CC2)N(C2CCN(Cc3ccccc3)CC2)C1=O. The molecule has 0 aliphatic carbocycles. The molecule has 8 heteroatoms. The van der Waals surface area contributed by atoms with Crippen LogP contribution in [0.3, 0.4) is 0 Å². The number of carbonyl (C=O) groups is 2. The van der Waals surface area contributed by atoms with Crippen molar-refractivity contribution in [3.05, 3.63) is 60.2 Å². The molecular formula is C31H43N5O3. The standard InChI is InChI=1S/C31H43N5O3/c1-4-23(2)28-29(37)36(25-14-18-34(19-15-25)22-24-10-6-5-7-11-24)31(33-28)16-20-35(21-17-31)30(38)32-26-12-8-9-13-27(26)39-3/h5-13,23,25,28,33H,4,14-22H2,1-3H3,(H,32,38)/t23-,28-/m0/s1. The first-order valence-corrected chi connectivity index (χ1v) is 14.5. The quantitative estimate of drug-likeness (QED) is 0.547. The van der Waals surface area contributed by atoms with Crippen LogP contribution in [0.4, 0.5) is 10.5 Å². The monoisotopic (exact) mass is 533 g/mol. The van der Waals surface area contributed by atoms with E-state index in [1.807, 2.05) is 29.2 Å². The third-order valence-corrected chi connectivity index (χ3v) is 9.00. The molecule has 0 unspecified atom stereocenters. The first-order chi connectivity index (χ1) is 18.9. The predicted octanol–water partition coefficient (Wildman–Crippen LogP) is 4.53. The summed E-state index contributed by atoms with van der Waals surface area (Å²) in [5.74, 6) is 1.16. The average Bonchev–Trinajstić information content (AvgIpc) is 3.25. The fourth-order valence-electron chi connectivity index (χ4n) is 6.52.